The van der Waals surface area contributed by atoms with Gasteiger partial charge in [0.2, 0.25) is 0 Å². The second-order valence-electron chi connectivity index (χ2n) is 2.95. The first kappa shape index (κ1) is 8.05. The van der Waals surface area contributed by atoms with Crippen LogP contribution < -0.4 is 0 Å². The minimum atomic E-state index is -1.82. The Morgan fingerprint density at radius 2 is 1.90 bits per heavy atom. The lowest BCUT2D eigenvalue weighted by Gasteiger charge is -2.09. The van der Waals surface area contributed by atoms with Gasteiger partial charge < -0.3 is 0 Å². The minimum Gasteiger partial charge on any atom is -0.250 e. The van der Waals surface area contributed by atoms with E-state index in [1.54, 1.807) is 13.3 Å². The Kier molecular flexibility index (Phi) is 2.34. The molecule has 2 nitrogen and oxygen atoms in total. The van der Waals surface area contributed by atoms with Crippen molar-refractivity contribution in [3.05, 3.63) is 0 Å². The van der Waals surface area contributed by atoms with Crippen LogP contribution in [-0.4, -0.2) is 22.8 Å². The van der Waals surface area contributed by atoms with Crippen molar-refractivity contribution in [1.82, 2.24) is 0 Å². The summed E-state index contributed by atoms with van der Waals surface area (Å²) in [6.45, 7) is 0. The first-order valence-corrected chi connectivity index (χ1v) is 5.74. The molecule has 1 aliphatic carbocycles. The van der Waals surface area contributed by atoms with Gasteiger partial charge in [-0.1, -0.05) is 12.8 Å². The van der Waals surface area contributed by atoms with Gasteiger partial charge in [0.1, 0.15) is 0 Å². The fourth-order valence-corrected chi connectivity index (χ4v) is 2.98. The normalized spacial score (nSPS) is 26.2. The first-order valence-electron chi connectivity index (χ1n) is 3.76. The first-order chi connectivity index (χ1) is 4.67. The summed E-state index contributed by atoms with van der Waals surface area (Å²) < 4.78 is 15.5. The second-order valence-corrected chi connectivity index (χ2v) is 5.70. The summed E-state index contributed by atoms with van der Waals surface area (Å²) in [5.74, 6) is 0. The molecule has 0 radical (unpaired) electrons. The molecule has 1 rings (SSSR count). The fourth-order valence-electron chi connectivity index (χ4n) is 1.47. The van der Waals surface area contributed by atoms with Gasteiger partial charge in [-0.05, 0) is 12.8 Å². The molecule has 0 bridgehead atoms. The largest absolute Gasteiger partial charge is 0.250 e. The molecule has 1 aliphatic rings. The van der Waals surface area contributed by atoms with Gasteiger partial charge in [0.25, 0.3) is 0 Å². The van der Waals surface area contributed by atoms with Gasteiger partial charge in [-0.3, -0.25) is 0 Å². The molecule has 1 fully saturated rings. The lowest BCUT2D eigenvalue weighted by Crippen LogP contribution is -2.14. The zero-order valence-corrected chi connectivity index (χ0v) is 7.49. The van der Waals surface area contributed by atoms with E-state index in [1.165, 1.54) is 12.8 Å². The molecule has 10 heavy (non-hydrogen) atoms. The van der Waals surface area contributed by atoms with Gasteiger partial charge in [0, 0.05) is 28.3 Å². The third-order valence-corrected chi connectivity index (χ3v) is 4.72. The van der Waals surface area contributed by atoms with Crippen LogP contribution in [0.1, 0.15) is 25.7 Å². The number of nitrogens with zero attached hydrogens (tertiary/aromatic N) is 1. The maximum Gasteiger partial charge on any atom is 0.0464 e. The summed E-state index contributed by atoms with van der Waals surface area (Å²) >= 11 is 0. The van der Waals surface area contributed by atoms with Gasteiger partial charge in [0.05, 0.1) is 0 Å². The van der Waals surface area contributed by atoms with Gasteiger partial charge >= 0.3 is 0 Å². The van der Waals surface area contributed by atoms with E-state index >= 15 is 0 Å². The Morgan fingerprint density at radius 1 is 1.40 bits per heavy atom. The quantitative estimate of drug-likeness (QED) is 0.575. The molecule has 0 aromatic heterocycles. The van der Waals surface area contributed by atoms with E-state index in [4.69, 9.17) is 0 Å². The van der Waals surface area contributed by atoms with Crippen molar-refractivity contribution >= 4 is 9.73 Å². The topological polar surface area (TPSA) is 29.4 Å². The predicted octanol–water partition coefficient (Wildman–Crippen LogP) is 1.66. The smallest absolute Gasteiger partial charge is 0.0464 e. The van der Waals surface area contributed by atoms with E-state index in [0.29, 0.717) is 5.25 Å². The number of hydrogen-bond donors (Lipinski definition) is 0. The van der Waals surface area contributed by atoms with Crippen LogP contribution in [-0.2, 0) is 9.73 Å². The summed E-state index contributed by atoms with van der Waals surface area (Å²) in [6.07, 6.45) is 6.50. The third kappa shape index (κ3) is 1.51. The molecule has 1 unspecified atom stereocenters. The van der Waals surface area contributed by atoms with Crippen LogP contribution in [0.3, 0.4) is 0 Å². The van der Waals surface area contributed by atoms with Crippen LogP contribution in [0.25, 0.3) is 0 Å². The van der Waals surface area contributed by atoms with Crippen LogP contribution in [0.4, 0.5) is 0 Å². The van der Waals surface area contributed by atoms with Crippen molar-refractivity contribution in [3.8, 4) is 0 Å². The molecule has 0 aliphatic heterocycles. The average Bonchev–Trinajstić information content (AvgIpc) is 2.38. The third-order valence-electron chi connectivity index (χ3n) is 2.28. The molecule has 0 aromatic rings. The zero-order chi connectivity index (χ0) is 7.61. The molecule has 3 heteroatoms. The van der Waals surface area contributed by atoms with Gasteiger partial charge in [-0.2, -0.15) is 0 Å². The molecule has 0 saturated heterocycles. The molecular weight excluding hydrogens is 146 g/mol. The van der Waals surface area contributed by atoms with E-state index < -0.39 is 9.73 Å². The zero-order valence-electron chi connectivity index (χ0n) is 6.67. The molecular formula is C7H15NOS. The Morgan fingerprint density at radius 3 is 2.30 bits per heavy atom. The second kappa shape index (κ2) is 2.91. The van der Waals surface area contributed by atoms with Gasteiger partial charge in [-0.15, -0.1) is 0 Å². The maximum absolute atomic E-state index is 11.6. The van der Waals surface area contributed by atoms with Crippen molar-refractivity contribution < 1.29 is 4.21 Å². The molecule has 60 valence electrons. The monoisotopic (exact) mass is 161 g/mol. The molecule has 0 heterocycles. The van der Waals surface area contributed by atoms with E-state index in [-0.39, 0.29) is 0 Å². The van der Waals surface area contributed by atoms with Gasteiger partial charge in [-0.25, -0.2) is 8.57 Å². The lowest BCUT2D eigenvalue weighted by molar-refractivity contribution is 0.665. The molecule has 1 saturated carbocycles. The van der Waals surface area contributed by atoms with Crippen molar-refractivity contribution in [2.45, 2.75) is 30.9 Å². The Hall–Kier alpha value is -0.0500. The van der Waals surface area contributed by atoms with Crippen molar-refractivity contribution in [1.29, 1.82) is 0 Å². The predicted molar refractivity (Wildman–Crippen MR) is 44.7 cm³/mol. The standard InChI is InChI=1S/C7H15NOS/c1-8-10(2,9)7-5-3-4-6-7/h7H,3-6H2,1-2H3. The van der Waals surface area contributed by atoms with Crippen LogP contribution in [0.2, 0.25) is 0 Å². The van der Waals surface area contributed by atoms with Crippen LogP contribution in [0.15, 0.2) is 4.36 Å². The van der Waals surface area contributed by atoms with E-state index in [0.717, 1.165) is 12.8 Å². The lowest BCUT2D eigenvalue weighted by atomic mass is 10.4. The summed E-state index contributed by atoms with van der Waals surface area (Å²) in [6, 6.07) is 0. The summed E-state index contributed by atoms with van der Waals surface area (Å²) in [7, 11) is -0.156. The number of rotatable bonds is 1. The fraction of sp³-hybridized carbons (Fsp3) is 1.00. The van der Waals surface area contributed by atoms with Crippen LogP contribution >= 0.6 is 0 Å². The Labute approximate surface area is 63.2 Å². The van der Waals surface area contributed by atoms with Crippen molar-refractivity contribution in [2.24, 2.45) is 4.36 Å². The van der Waals surface area contributed by atoms with E-state index in [1.807, 2.05) is 0 Å². The highest BCUT2D eigenvalue weighted by atomic mass is 32.2. The highest BCUT2D eigenvalue weighted by molar-refractivity contribution is 7.93. The molecule has 1 atom stereocenters. The SMILES string of the molecule is CN=S(C)(=O)C1CCCC1. The summed E-state index contributed by atoms with van der Waals surface area (Å²) in [5, 5.41) is 0.387. The number of hydrogen-bond acceptors (Lipinski definition) is 2. The average molecular weight is 161 g/mol. The van der Waals surface area contributed by atoms with Gasteiger partial charge in [0.15, 0.2) is 0 Å². The summed E-state index contributed by atoms with van der Waals surface area (Å²) in [4.78, 5) is 0. The Balaban J connectivity index is 2.73. The van der Waals surface area contributed by atoms with Crippen LogP contribution in [0.5, 0.6) is 0 Å². The molecule has 0 spiro atoms. The maximum atomic E-state index is 11.6. The molecule has 0 amide bonds. The minimum absolute atomic E-state index is 0.387. The molecule has 0 aromatic carbocycles. The highest BCUT2D eigenvalue weighted by Crippen LogP contribution is 2.24. The summed E-state index contributed by atoms with van der Waals surface area (Å²) in [5.41, 5.74) is 0. The highest BCUT2D eigenvalue weighted by Gasteiger charge is 2.22. The van der Waals surface area contributed by atoms with Crippen molar-refractivity contribution in [2.75, 3.05) is 13.3 Å². The molecule has 0 N–H and O–H groups in total. The van der Waals surface area contributed by atoms with E-state index in [2.05, 4.69) is 4.36 Å². The van der Waals surface area contributed by atoms with E-state index in [9.17, 15) is 4.21 Å². The van der Waals surface area contributed by atoms with Crippen molar-refractivity contribution in [3.63, 3.8) is 0 Å². The van der Waals surface area contributed by atoms with Crippen LogP contribution in [0, 0.1) is 0 Å². The Bertz CT molecular complexity index is 210.